The predicted octanol–water partition coefficient (Wildman–Crippen LogP) is -0.943. The zero-order valence-corrected chi connectivity index (χ0v) is 10.4. The van der Waals surface area contributed by atoms with Crippen LogP contribution in [0.3, 0.4) is 0 Å². The van der Waals surface area contributed by atoms with Crippen LogP contribution in [0, 0.1) is 5.82 Å². The van der Waals surface area contributed by atoms with Crippen LogP contribution in [0.2, 0.25) is 0 Å². The van der Waals surface area contributed by atoms with Crippen molar-refractivity contribution in [2.24, 2.45) is 17.2 Å². The summed E-state index contributed by atoms with van der Waals surface area (Å²) in [5, 5.41) is 0. The van der Waals surface area contributed by atoms with Crippen molar-refractivity contribution in [2.45, 2.75) is 13.1 Å². The third kappa shape index (κ3) is 5.02. The summed E-state index contributed by atoms with van der Waals surface area (Å²) in [5.41, 5.74) is 16.7. The van der Waals surface area contributed by atoms with E-state index < -0.39 is 17.6 Å². The Kier molecular flexibility index (Phi) is 5.40. The molecule has 1 rings (SSSR count). The summed E-state index contributed by atoms with van der Waals surface area (Å²) in [5.74, 6) is -1.66. The standard InChI is InChI=1S/C12H17FN4O2/c13-10-2-1-8(4-14)3-9(10)5-17(6-11(15)18)7-12(16)19/h1-3H,4-7,14H2,(H2,15,18)(H2,16,19). The lowest BCUT2D eigenvalue weighted by Gasteiger charge is -2.19. The Hall–Kier alpha value is -1.99. The number of primary amides is 2. The number of halogens is 1. The van der Waals surface area contributed by atoms with Gasteiger partial charge in [0.2, 0.25) is 11.8 Å². The zero-order chi connectivity index (χ0) is 14.4. The molecule has 0 aromatic heterocycles. The Labute approximate surface area is 110 Å². The number of hydrogen-bond donors (Lipinski definition) is 3. The van der Waals surface area contributed by atoms with E-state index >= 15 is 0 Å². The van der Waals surface area contributed by atoms with Crippen molar-refractivity contribution in [1.29, 1.82) is 0 Å². The molecule has 0 aliphatic heterocycles. The van der Waals surface area contributed by atoms with Crippen molar-refractivity contribution in [1.82, 2.24) is 4.90 Å². The van der Waals surface area contributed by atoms with Crippen LogP contribution in [0.1, 0.15) is 11.1 Å². The zero-order valence-electron chi connectivity index (χ0n) is 10.4. The second-order valence-corrected chi connectivity index (χ2v) is 4.21. The third-order valence-corrected chi connectivity index (χ3v) is 2.50. The van der Waals surface area contributed by atoms with E-state index in [9.17, 15) is 14.0 Å². The summed E-state index contributed by atoms with van der Waals surface area (Å²) in [4.78, 5) is 23.2. The minimum absolute atomic E-state index is 0.0611. The Bertz CT molecular complexity index is 463. The average Bonchev–Trinajstić information content (AvgIpc) is 2.30. The van der Waals surface area contributed by atoms with Gasteiger partial charge in [-0.05, 0) is 11.6 Å². The maximum absolute atomic E-state index is 13.6. The molecule has 7 heteroatoms. The highest BCUT2D eigenvalue weighted by atomic mass is 19.1. The first-order valence-corrected chi connectivity index (χ1v) is 5.68. The Morgan fingerprint density at radius 2 is 1.74 bits per heavy atom. The minimum Gasteiger partial charge on any atom is -0.369 e. The van der Waals surface area contributed by atoms with Gasteiger partial charge in [0.05, 0.1) is 13.1 Å². The summed E-state index contributed by atoms with van der Waals surface area (Å²) >= 11 is 0. The van der Waals surface area contributed by atoms with Crippen molar-refractivity contribution in [2.75, 3.05) is 13.1 Å². The van der Waals surface area contributed by atoms with Crippen molar-refractivity contribution < 1.29 is 14.0 Å². The van der Waals surface area contributed by atoms with Crippen molar-refractivity contribution in [3.63, 3.8) is 0 Å². The summed E-state index contributed by atoms with van der Waals surface area (Å²) < 4.78 is 13.6. The van der Waals surface area contributed by atoms with Crippen molar-refractivity contribution in [3.8, 4) is 0 Å². The van der Waals surface area contributed by atoms with Gasteiger partial charge in [0.15, 0.2) is 0 Å². The predicted molar refractivity (Wildman–Crippen MR) is 68.0 cm³/mol. The monoisotopic (exact) mass is 268 g/mol. The Morgan fingerprint density at radius 3 is 2.21 bits per heavy atom. The fourth-order valence-corrected chi connectivity index (χ4v) is 1.73. The van der Waals surface area contributed by atoms with E-state index in [-0.39, 0.29) is 26.2 Å². The highest BCUT2D eigenvalue weighted by molar-refractivity contribution is 5.79. The maximum Gasteiger partial charge on any atom is 0.231 e. The number of amides is 2. The van der Waals surface area contributed by atoms with Gasteiger partial charge in [0, 0.05) is 18.7 Å². The lowest BCUT2D eigenvalue weighted by atomic mass is 10.1. The van der Waals surface area contributed by atoms with E-state index in [0.717, 1.165) is 5.56 Å². The average molecular weight is 268 g/mol. The lowest BCUT2D eigenvalue weighted by Crippen LogP contribution is -2.39. The molecule has 6 N–H and O–H groups in total. The smallest absolute Gasteiger partial charge is 0.231 e. The molecule has 0 fully saturated rings. The normalized spacial score (nSPS) is 10.7. The molecular formula is C12H17FN4O2. The maximum atomic E-state index is 13.6. The quantitative estimate of drug-likeness (QED) is 0.591. The second kappa shape index (κ2) is 6.81. The highest BCUT2D eigenvalue weighted by Crippen LogP contribution is 2.13. The van der Waals surface area contributed by atoms with E-state index in [1.165, 1.54) is 11.0 Å². The van der Waals surface area contributed by atoms with Crippen LogP contribution in [0.15, 0.2) is 18.2 Å². The van der Waals surface area contributed by atoms with Gasteiger partial charge in [0.1, 0.15) is 5.82 Å². The van der Waals surface area contributed by atoms with Crippen molar-refractivity contribution in [3.05, 3.63) is 35.1 Å². The molecule has 0 saturated carbocycles. The summed E-state index contributed by atoms with van der Waals surface area (Å²) in [6.07, 6.45) is 0. The summed E-state index contributed by atoms with van der Waals surface area (Å²) in [6, 6.07) is 4.46. The van der Waals surface area contributed by atoms with Crippen LogP contribution in [-0.2, 0) is 22.7 Å². The molecule has 0 saturated heterocycles. The molecule has 6 nitrogen and oxygen atoms in total. The third-order valence-electron chi connectivity index (χ3n) is 2.50. The molecule has 0 spiro atoms. The number of nitrogens with two attached hydrogens (primary N) is 3. The molecule has 2 amide bonds. The molecule has 1 aromatic carbocycles. The van der Waals surface area contributed by atoms with E-state index in [2.05, 4.69) is 0 Å². The van der Waals surface area contributed by atoms with Crippen molar-refractivity contribution >= 4 is 11.8 Å². The lowest BCUT2D eigenvalue weighted by molar-refractivity contribution is -0.122. The van der Waals surface area contributed by atoms with E-state index in [1.807, 2.05) is 0 Å². The van der Waals surface area contributed by atoms with Gasteiger partial charge >= 0.3 is 0 Å². The number of carbonyl (C=O) groups excluding carboxylic acids is 2. The van der Waals surface area contributed by atoms with Gasteiger partial charge in [0.25, 0.3) is 0 Å². The highest BCUT2D eigenvalue weighted by Gasteiger charge is 2.14. The van der Waals surface area contributed by atoms with E-state index in [0.29, 0.717) is 5.56 Å². The summed E-state index contributed by atoms with van der Waals surface area (Å²) in [7, 11) is 0. The number of benzene rings is 1. The van der Waals surface area contributed by atoms with Crippen LogP contribution in [0.4, 0.5) is 4.39 Å². The molecule has 19 heavy (non-hydrogen) atoms. The molecule has 1 aromatic rings. The number of nitrogens with zero attached hydrogens (tertiary/aromatic N) is 1. The summed E-state index contributed by atoms with van der Waals surface area (Å²) in [6.45, 7) is -0.00502. The molecule has 0 atom stereocenters. The molecule has 0 unspecified atom stereocenters. The van der Waals surface area contributed by atoms with E-state index in [4.69, 9.17) is 17.2 Å². The fourth-order valence-electron chi connectivity index (χ4n) is 1.73. The van der Waals surface area contributed by atoms with Gasteiger partial charge in [-0.2, -0.15) is 0 Å². The largest absolute Gasteiger partial charge is 0.369 e. The molecule has 104 valence electrons. The van der Waals surface area contributed by atoms with Crippen LogP contribution >= 0.6 is 0 Å². The minimum atomic E-state index is -0.614. The Morgan fingerprint density at radius 1 is 1.16 bits per heavy atom. The first-order chi connectivity index (χ1) is 8.92. The number of carbonyl (C=O) groups is 2. The molecule has 0 heterocycles. The van der Waals surface area contributed by atoms with Gasteiger partial charge in [-0.1, -0.05) is 12.1 Å². The van der Waals surface area contributed by atoms with Crippen LogP contribution in [0.5, 0.6) is 0 Å². The van der Waals surface area contributed by atoms with Gasteiger partial charge in [-0.3, -0.25) is 14.5 Å². The van der Waals surface area contributed by atoms with Crippen LogP contribution in [-0.4, -0.2) is 29.8 Å². The van der Waals surface area contributed by atoms with Gasteiger partial charge in [-0.25, -0.2) is 4.39 Å². The van der Waals surface area contributed by atoms with Crippen LogP contribution in [0.25, 0.3) is 0 Å². The molecule has 0 aliphatic carbocycles. The number of hydrogen-bond acceptors (Lipinski definition) is 4. The first-order valence-electron chi connectivity index (χ1n) is 5.68. The molecule has 0 bridgehead atoms. The molecular weight excluding hydrogens is 251 g/mol. The van der Waals surface area contributed by atoms with Gasteiger partial charge < -0.3 is 17.2 Å². The molecule has 0 radical (unpaired) electrons. The van der Waals surface area contributed by atoms with E-state index in [1.54, 1.807) is 12.1 Å². The number of rotatable bonds is 7. The van der Waals surface area contributed by atoms with Gasteiger partial charge in [-0.15, -0.1) is 0 Å². The topological polar surface area (TPSA) is 115 Å². The van der Waals surface area contributed by atoms with Crippen LogP contribution < -0.4 is 17.2 Å². The SMILES string of the molecule is NCc1ccc(F)c(CN(CC(N)=O)CC(N)=O)c1. The molecule has 0 aliphatic rings. The fraction of sp³-hybridized carbons (Fsp3) is 0.333. The first kappa shape index (κ1) is 15.1. The Balaban J connectivity index is 2.88. The second-order valence-electron chi connectivity index (χ2n) is 4.21.